The summed E-state index contributed by atoms with van der Waals surface area (Å²) in [6, 6.07) is 15.7. The molecule has 1 amide bonds. The van der Waals surface area contributed by atoms with Crippen LogP contribution in [0, 0.1) is 0 Å². The van der Waals surface area contributed by atoms with Crippen LogP contribution in [0.15, 0.2) is 48.5 Å². The van der Waals surface area contributed by atoms with E-state index in [0.717, 1.165) is 10.4 Å². The van der Waals surface area contributed by atoms with Crippen LogP contribution < -0.4 is 4.74 Å². The largest absolute Gasteiger partial charge is 0.483 e. The van der Waals surface area contributed by atoms with Crippen LogP contribution >= 0.6 is 11.3 Å². The molecule has 4 rings (SSSR count). The molecule has 9 heteroatoms. The van der Waals surface area contributed by atoms with Gasteiger partial charge in [-0.25, -0.2) is 0 Å². The van der Waals surface area contributed by atoms with Crippen molar-refractivity contribution in [2.75, 3.05) is 27.3 Å². The van der Waals surface area contributed by atoms with Crippen molar-refractivity contribution < 1.29 is 34.7 Å². The predicted molar refractivity (Wildman–Crippen MR) is 128 cm³/mol. The van der Waals surface area contributed by atoms with Crippen molar-refractivity contribution in [1.29, 1.82) is 0 Å². The van der Waals surface area contributed by atoms with Crippen molar-refractivity contribution in [2.45, 2.75) is 36.9 Å². The van der Waals surface area contributed by atoms with Gasteiger partial charge in [-0.05, 0) is 35.2 Å². The van der Waals surface area contributed by atoms with Gasteiger partial charge in [0, 0.05) is 35.7 Å². The summed E-state index contributed by atoms with van der Waals surface area (Å²) in [4.78, 5) is 14.6. The maximum Gasteiger partial charge on any atom is 0.259 e. The first kappa shape index (κ1) is 24.6. The summed E-state index contributed by atoms with van der Waals surface area (Å²) in [5.41, 5.74) is 1.35. The van der Waals surface area contributed by atoms with Crippen LogP contribution in [-0.2, 0) is 16.0 Å². The topological polar surface area (TPSA) is 120 Å². The van der Waals surface area contributed by atoms with Gasteiger partial charge in [0.2, 0.25) is 0 Å². The van der Waals surface area contributed by atoms with Crippen LogP contribution in [0.4, 0.5) is 0 Å². The van der Waals surface area contributed by atoms with Crippen LogP contribution in [0.25, 0.3) is 10.1 Å². The zero-order valence-corrected chi connectivity index (χ0v) is 19.8. The van der Waals surface area contributed by atoms with Gasteiger partial charge >= 0.3 is 0 Å². The molecule has 0 aliphatic carbocycles. The van der Waals surface area contributed by atoms with Gasteiger partial charge in [-0.1, -0.05) is 24.3 Å². The number of carbonyl (C=O) groups excluding carboxylic acids is 1. The Kier molecular flexibility index (Phi) is 7.51. The molecule has 0 radical (unpaired) electrons. The van der Waals surface area contributed by atoms with Gasteiger partial charge in [-0.3, -0.25) is 4.79 Å². The highest BCUT2D eigenvalue weighted by molar-refractivity contribution is 7.19. The van der Waals surface area contributed by atoms with E-state index in [1.165, 1.54) is 15.0 Å². The molecule has 0 unspecified atom stereocenters. The molecule has 1 aliphatic rings. The second-order valence-corrected chi connectivity index (χ2v) is 9.79. The van der Waals surface area contributed by atoms with Crippen molar-refractivity contribution in [3.05, 3.63) is 64.5 Å². The molecule has 1 fully saturated rings. The molecule has 4 N–H and O–H groups in total. The number of amides is 1. The standard InChI is InChI=1S/C25H29NO7S/c1-26(2)21(28)13-32-18-8-7-14(9-16-11-15-5-3-4-6-20(15)34-16)10-17(18)25-24(31)23(30)22(29)19(12-27)33-25/h3-8,10-11,19,22-25,27,29-31H,9,12-13H2,1-2H3/t19-,22-,23+,24-,25+/m1/s1. The van der Waals surface area contributed by atoms with Gasteiger partial charge in [0.15, 0.2) is 6.61 Å². The molecule has 2 aromatic carbocycles. The summed E-state index contributed by atoms with van der Waals surface area (Å²) in [6.45, 7) is -0.745. The summed E-state index contributed by atoms with van der Waals surface area (Å²) in [5, 5.41) is 41.9. The number of hydrogen-bond acceptors (Lipinski definition) is 8. The van der Waals surface area contributed by atoms with Crippen molar-refractivity contribution >= 4 is 27.3 Å². The fourth-order valence-electron chi connectivity index (χ4n) is 4.01. The minimum atomic E-state index is -1.52. The number of hydrogen-bond donors (Lipinski definition) is 4. The van der Waals surface area contributed by atoms with Gasteiger partial charge in [-0.15, -0.1) is 11.3 Å². The van der Waals surface area contributed by atoms with E-state index in [-0.39, 0.29) is 12.5 Å². The predicted octanol–water partition coefficient (Wildman–Crippen LogP) is 1.47. The summed E-state index contributed by atoms with van der Waals surface area (Å²) in [5.74, 6) is 0.0775. The molecule has 5 atom stereocenters. The Morgan fingerprint density at radius 2 is 1.82 bits per heavy atom. The Balaban J connectivity index is 1.67. The summed E-state index contributed by atoms with van der Waals surface area (Å²) in [7, 11) is 3.25. The van der Waals surface area contributed by atoms with E-state index in [4.69, 9.17) is 9.47 Å². The van der Waals surface area contributed by atoms with Gasteiger partial charge in [-0.2, -0.15) is 0 Å². The number of nitrogens with zero attached hydrogens (tertiary/aromatic N) is 1. The van der Waals surface area contributed by atoms with E-state index >= 15 is 0 Å². The molecule has 34 heavy (non-hydrogen) atoms. The van der Waals surface area contributed by atoms with E-state index in [2.05, 4.69) is 18.2 Å². The highest BCUT2D eigenvalue weighted by Crippen LogP contribution is 2.38. The van der Waals surface area contributed by atoms with Crippen molar-refractivity contribution in [2.24, 2.45) is 0 Å². The number of rotatable bonds is 7. The minimum absolute atomic E-state index is 0.215. The number of fused-ring (bicyclic) bond motifs is 1. The Morgan fingerprint density at radius 3 is 2.53 bits per heavy atom. The lowest BCUT2D eigenvalue weighted by atomic mass is 9.90. The first-order chi connectivity index (χ1) is 16.3. The van der Waals surface area contributed by atoms with Crippen molar-refractivity contribution in [3.63, 3.8) is 0 Å². The molecule has 1 saturated heterocycles. The SMILES string of the molecule is CN(C)C(=O)COc1ccc(Cc2cc3ccccc3s2)cc1[C@@H]1O[C@H](CO)[C@@H](O)[C@H](O)[C@H]1O. The van der Waals surface area contributed by atoms with E-state index in [1.807, 2.05) is 24.3 Å². The number of thiophene rings is 1. The van der Waals surface area contributed by atoms with E-state index < -0.39 is 37.1 Å². The quantitative estimate of drug-likeness (QED) is 0.398. The van der Waals surface area contributed by atoms with Gasteiger partial charge in [0.1, 0.15) is 36.3 Å². The van der Waals surface area contributed by atoms with Crippen molar-refractivity contribution in [1.82, 2.24) is 4.90 Å². The average Bonchev–Trinajstić information content (AvgIpc) is 3.24. The maximum atomic E-state index is 12.1. The molecule has 8 nitrogen and oxygen atoms in total. The lowest BCUT2D eigenvalue weighted by Gasteiger charge is -2.40. The van der Waals surface area contributed by atoms with Crippen LogP contribution in [0.2, 0.25) is 0 Å². The third-order valence-corrected chi connectivity index (χ3v) is 7.09. The average molecular weight is 488 g/mol. The first-order valence-corrected chi connectivity index (χ1v) is 11.8. The molecule has 1 aromatic heterocycles. The number of likely N-dealkylation sites (N-methyl/N-ethyl adjacent to an activating group) is 1. The minimum Gasteiger partial charge on any atom is -0.483 e. The molecular formula is C25H29NO7S. The summed E-state index contributed by atoms with van der Waals surface area (Å²) >= 11 is 1.69. The van der Waals surface area contributed by atoms with Crippen molar-refractivity contribution in [3.8, 4) is 5.75 Å². The fraction of sp³-hybridized carbons (Fsp3) is 0.400. The van der Waals surface area contributed by atoms with Gasteiger partial charge < -0.3 is 34.8 Å². The Bertz CT molecular complexity index is 1110. The molecular weight excluding hydrogens is 458 g/mol. The zero-order valence-electron chi connectivity index (χ0n) is 19.0. The fourth-order valence-corrected chi connectivity index (χ4v) is 5.11. The second-order valence-electron chi connectivity index (χ2n) is 8.63. The molecule has 0 saturated carbocycles. The number of aliphatic hydroxyl groups is 4. The summed E-state index contributed by atoms with van der Waals surface area (Å²) < 4.78 is 12.7. The summed E-state index contributed by atoms with van der Waals surface area (Å²) in [6.07, 6.45) is -5.92. The Morgan fingerprint density at radius 1 is 1.06 bits per heavy atom. The van der Waals surface area contributed by atoms with Crippen LogP contribution in [0.1, 0.15) is 22.1 Å². The third-order valence-electron chi connectivity index (χ3n) is 5.98. The van der Waals surface area contributed by atoms with Gasteiger partial charge in [0.25, 0.3) is 5.91 Å². The molecule has 0 spiro atoms. The highest BCUT2D eigenvalue weighted by atomic mass is 32.1. The van der Waals surface area contributed by atoms with Gasteiger partial charge in [0.05, 0.1) is 6.61 Å². The number of aliphatic hydroxyl groups excluding tert-OH is 4. The molecule has 182 valence electrons. The number of carbonyl (C=O) groups is 1. The molecule has 2 heterocycles. The van der Waals surface area contributed by atoms with E-state index in [0.29, 0.717) is 17.7 Å². The monoisotopic (exact) mass is 487 g/mol. The van der Waals surface area contributed by atoms with Crippen LogP contribution in [0.5, 0.6) is 5.75 Å². The Hall–Kier alpha value is -2.53. The Labute approximate surface area is 201 Å². The maximum absolute atomic E-state index is 12.1. The second kappa shape index (κ2) is 10.4. The molecule has 3 aromatic rings. The van der Waals surface area contributed by atoms with E-state index in [9.17, 15) is 25.2 Å². The molecule has 0 bridgehead atoms. The van der Waals surface area contributed by atoms with E-state index in [1.54, 1.807) is 31.5 Å². The highest BCUT2D eigenvalue weighted by Gasteiger charge is 2.45. The lowest BCUT2D eigenvalue weighted by Crippen LogP contribution is -2.55. The number of benzene rings is 2. The third kappa shape index (κ3) is 5.10. The normalized spacial score (nSPS) is 24.8. The molecule has 1 aliphatic heterocycles. The smallest absolute Gasteiger partial charge is 0.259 e. The van der Waals surface area contributed by atoms with Crippen LogP contribution in [0.3, 0.4) is 0 Å². The van der Waals surface area contributed by atoms with Crippen LogP contribution in [-0.4, -0.2) is 83.0 Å². The number of ether oxygens (including phenoxy) is 2. The zero-order chi connectivity index (χ0) is 24.4. The first-order valence-electron chi connectivity index (χ1n) is 11.0. The lowest BCUT2D eigenvalue weighted by molar-refractivity contribution is -0.232.